The number of hydrogen-bond acceptors (Lipinski definition) is 2. The molecule has 1 aliphatic rings. The van der Waals surface area contributed by atoms with Gasteiger partial charge in [-0.05, 0) is 44.8 Å². The number of rotatable bonds is 3. The third kappa shape index (κ3) is 6.77. The van der Waals surface area contributed by atoms with Crippen LogP contribution in [0.25, 0.3) is 0 Å². The van der Waals surface area contributed by atoms with E-state index in [1.807, 2.05) is 13.8 Å². The molecule has 0 bridgehead atoms. The van der Waals surface area contributed by atoms with E-state index in [2.05, 4.69) is 36.1 Å². The van der Waals surface area contributed by atoms with Crippen molar-refractivity contribution in [3.8, 4) is 0 Å². The van der Waals surface area contributed by atoms with Crippen LogP contribution in [0.1, 0.15) is 37.8 Å². The molecule has 0 aliphatic carbocycles. The number of hydrogen-bond donors (Lipinski definition) is 1. The minimum atomic E-state index is 1.00. The van der Waals surface area contributed by atoms with Crippen LogP contribution in [0.2, 0.25) is 0 Å². The predicted octanol–water partition coefficient (Wildman–Crippen LogP) is 3.27. The average Bonchev–Trinajstić information content (AvgIpc) is 2.96. The number of likely N-dealkylation sites (tertiary alicyclic amines) is 1. The monoisotopic (exact) mass is 251 g/mol. The third-order valence-corrected chi connectivity index (χ3v) is 3.04. The lowest BCUT2D eigenvalue weighted by atomic mass is 10.1. The lowest BCUT2D eigenvalue weighted by Gasteiger charge is -2.13. The molecule has 1 aromatic carbocycles. The summed E-state index contributed by atoms with van der Waals surface area (Å²) in [5, 5.41) is 7.00. The van der Waals surface area contributed by atoms with Crippen LogP contribution in [0.4, 0.5) is 0 Å². The zero-order chi connectivity index (χ0) is 13.8. The van der Waals surface area contributed by atoms with Crippen molar-refractivity contribution in [2.24, 2.45) is 0 Å². The molecule has 104 valence electrons. The third-order valence-electron chi connectivity index (χ3n) is 3.04. The van der Waals surface area contributed by atoms with E-state index in [0.717, 1.165) is 7.11 Å². The topological polar surface area (TPSA) is 23.5 Å². The minimum Gasteiger partial charge on any atom is -0.400 e. The summed E-state index contributed by atoms with van der Waals surface area (Å²) < 4.78 is 0. The maximum Gasteiger partial charge on any atom is 0.0319 e. The Balaban J connectivity index is 0.000000659. The largest absolute Gasteiger partial charge is 0.400 e. The van der Waals surface area contributed by atoms with Crippen molar-refractivity contribution in [2.75, 3.05) is 26.7 Å². The summed E-state index contributed by atoms with van der Waals surface area (Å²) in [6.07, 6.45) is 4.00. The van der Waals surface area contributed by atoms with E-state index >= 15 is 0 Å². The lowest BCUT2D eigenvalue weighted by Crippen LogP contribution is -2.21. The predicted molar refractivity (Wildman–Crippen MR) is 80.0 cm³/mol. The molecule has 2 nitrogen and oxygen atoms in total. The summed E-state index contributed by atoms with van der Waals surface area (Å²) in [5.74, 6) is 0. The Morgan fingerprint density at radius 1 is 1.00 bits per heavy atom. The second-order valence-electron chi connectivity index (χ2n) is 4.28. The molecule has 0 saturated carbocycles. The number of nitrogens with zero attached hydrogens (tertiary/aromatic N) is 1. The quantitative estimate of drug-likeness (QED) is 0.891. The van der Waals surface area contributed by atoms with Crippen LogP contribution in [0.15, 0.2) is 24.3 Å². The zero-order valence-corrected chi connectivity index (χ0v) is 12.4. The molecule has 1 fully saturated rings. The summed E-state index contributed by atoms with van der Waals surface area (Å²) in [7, 11) is 1.00. The van der Waals surface area contributed by atoms with E-state index in [4.69, 9.17) is 5.11 Å². The number of benzene rings is 1. The lowest BCUT2D eigenvalue weighted by molar-refractivity contribution is 0.343. The fraction of sp³-hybridized carbons (Fsp3) is 0.625. The van der Waals surface area contributed by atoms with E-state index in [0.29, 0.717) is 0 Å². The van der Waals surface area contributed by atoms with Crippen molar-refractivity contribution < 1.29 is 5.11 Å². The zero-order valence-electron chi connectivity index (χ0n) is 12.4. The molecular weight excluding hydrogens is 222 g/mol. The molecule has 2 heteroatoms. The standard InChI is InChI=1S/C13H19N.C2H6.CH4O/c1-12-4-6-13(7-5-12)8-11-14-9-2-3-10-14;2*1-2/h4-7H,2-3,8-11H2,1H3;1-2H3;2H,1H3. The van der Waals surface area contributed by atoms with Crippen molar-refractivity contribution in [3.05, 3.63) is 35.4 Å². The molecule has 0 atom stereocenters. The number of aryl methyl sites for hydroxylation is 1. The second kappa shape index (κ2) is 11.2. The van der Waals surface area contributed by atoms with Crippen LogP contribution in [-0.2, 0) is 6.42 Å². The summed E-state index contributed by atoms with van der Waals surface area (Å²) in [5.41, 5.74) is 2.83. The molecule has 0 aromatic heterocycles. The molecule has 1 aromatic rings. The summed E-state index contributed by atoms with van der Waals surface area (Å²) in [6, 6.07) is 8.93. The van der Waals surface area contributed by atoms with Crippen molar-refractivity contribution >= 4 is 0 Å². The van der Waals surface area contributed by atoms with Crippen LogP contribution in [0, 0.1) is 6.92 Å². The molecule has 0 radical (unpaired) electrons. The summed E-state index contributed by atoms with van der Waals surface area (Å²) >= 11 is 0. The molecule has 0 unspecified atom stereocenters. The number of aliphatic hydroxyl groups is 1. The highest BCUT2D eigenvalue weighted by molar-refractivity contribution is 5.21. The first-order chi connectivity index (χ1) is 8.84. The highest BCUT2D eigenvalue weighted by Gasteiger charge is 2.10. The molecule has 0 spiro atoms. The Hall–Kier alpha value is -0.860. The molecule has 18 heavy (non-hydrogen) atoms. The first-order valence-corrected chi connectivity index (χ1v) is 7.07. The molecule has 0 amide bonds. The molecule has 1 saturated heterocycles. The summed E-state index contributed by atoms with van der Waals surface area (Å²) in [4.78, 5) is 2.57. The van der Waals surface area contributed by atoms with Gasteiger partial charge in [-0.1, -0.05) is 43.7 Å². The number of aliphatic hydroxyl groups excluding tert-OH is 1. The van der Waals surface area contributed by atoms with Crippen molar-refractivity contribution in [2.45, 2.75) is 40.0 Å². The van der Waals surface area contributed by atoms with Gasteiger partial charge >= 0.3 is 0 Å². The van der Waals surface area contributed by atoms with Crippen LogP contribution in [0.3, 0.4) is 0 Å². The van der Waals surface area contributed by atoms with Gasteiger partial charge in [-0.25, -0.2) is 0 Å². The van der Waals surface area contributed by atoms with Crippen molar-refractivity contribution in [1.29, 1.82) is 0 Å². The Morgan fingerprint density at radius 3 is 2.00 bits per heavy atom. The van der Waals surface area contributed by atoms with E-state index in [1.54, 1.807) is 0 Å². The molecule has 1 aliphatic heterocycles. The van der Waals surface area contributed by atoms with Gasteiger partial charge in [-0.2, -0.15) is 0 Å². The summed E-state index contributed by atoms with van der Waals surface area (Å²) in [6.45, 7) is 10.0. The van der Waals surface area contributed by atoms with Gasteiger partial charge in [0.05, 0.1) is 0 Å². The first kappa shape index (κ1) is 17.1. The maximum absolute atomic E-state index is 7.00. The molecule has 1 heterocycles. The van der Waals surface area contributed by atoms with E-state index in [-0.39, 0.29) is 0 Å². The highest BCUT2D eigenvalue weighted by atomic mass is 16.2. The van der Waals surface area contributed by atoms with E-state index < -0.39 is 0 Å². The van der Waals surface area contributed by atoms with Gasteiger partial charge in [0.2, 0.25) is 0 Å². The Bertz CT molecular complexity index is 276. The Kier molecular flexibility index (Phi) is 10.7. The van der Waals surface area contributed by atoms with Crippen LogP contribution in [0.5, 0.6) is 0 Å². The maximum atomic E-state index is 7.00. The normalized spacial score (nSPS) is 14.3. The highest BCUT2D eigenvalue weighted by Crippen LogP contribution is 2.09. The fourth-order valence-electron chi connectivity index (χ4n) is 2.05. The van der Waals surface area contributed by atoms with Crippen molar-refractivity contribution in [3.63, 3.8) is 0 Å². The molecule has 1 N–H and O–H groups in total. The average molecular weight is 251 g/mol. The van der Waals surface area contributed by atoms with Gasteiger partial charge in [0.1, 0.15) is 0 Å². The molecule has 2 rings (SSSR count). The van der Waals surface area contributed by atoms with E-state index in [9.17, 15) is 0 Å². The van der Waals surface area contributed by atoms with Gasteiger partial charge in [0.25, 0.3) is 0 Å². The van der Waals surface area contributed by atoms with Gasteiger partial charge in [-0.15, -0.1) is 0 Å². The molecular formula is C16H29NO. The Morgan fingerprint density at radius 2 is 1.50 bits per heavy atom. The van der Waals surface area contributed by atoms with Gasteiger partial charge in [0.15, 0.2) is 0 Å². The SMILES string of the molecule is CC.CO.Cc1ccc(CCN2CCCC2)cc1. The second-order valence-corrected chi connectivity index (χ2v) is 4.28. The Labute approximate surface area is 113 Å². The van der Waals surface area contributed by atoms with Gasteiger partial charge in [0, 0.05) is 13.7 Å². The minimum absolute atomic E-state index is 1.00. The fourth-order valence-corrected chi connectivity index (χ4v) is 2.05. The van der Waals surface area contributed by atoms with Gasteiger partial charge < -0.3 is 10.0 Å². The smallest absolute Gasteiger partial charge is 0.0319 e. The van der Waals surface area contributed by atoms with Crippen LogP contribution < -0.4 is 0 Å². The first-order valence-electron chi connectivity index (χ1n) is 7.07. The van der Waals surface area contributed by atoms with Crippen LogP contribution >= 0.6 is 0 Å². The van der Waals surface area contributed by atoms with Gasteiger partial charge in [-0.3, -0.25) is 0 Å². The van der Waals surface area contributed by atoms with E-state index in [1.165, 1.54) is 50.0 Å². The van der Waals surface area contributed by atoms with Crippen molar-refractivity contribution in [1.82, 2.24) is 4.90 Å². The van der Waals surface area contributed by atoms with Crippen LogP contribution in [-0.4, -0.2) is 36.8 Å².